The lowest BCUT2D eigenvalue weighted by molar-refractivity contribution is -0.137. The monoisotopic (exact) mass is 406 g/mol. The van der Waals surface area contributed by atoms with E-state index >= 15 is 0 Å². The third kappa shape index (κ3) is 3.15. The minimum absolute atomic E-state index is 0.0636. The number of nitrogens with one attached hydrogen (secondary N) is 1. The number of alkyl halides is 3. The molecule has 2 aromatic carbocycles. The van der Waals surface area contributed by atoms with Crippen LogP contribution in [0.25, 0.3) is 0 Å². The molecule has 0 aromatic heterocycles. The molecule has 0 unspecified atom stereocenters. The number of thioether (sulfide) groups is 1. The molecule has 1 N–H and O–H groups in total. The van der Waals surface area contributed by atoms with Gasteiger partial charge in [-0.1, -0.05) is 36.4 Å². The molecular weight excluding hydrogens is 389 g/mol. The Balaban J connectivity index is 1.59. The van der Waals surface area contributed by atoms with Crippen LogP contribution >= 0.6 is 11.8 Å². The molecule has 4 nitrogen and oxygen atoms in total. The van der Waals surface area contributed by atoms with Gasteiger partial charge in [-0.05, 0) is 30.2 Å². The van der Waals surface area contributed by atoms with Crippen molar-refractivity contribution in [2.75, 3.05) is 11.1 Å². The summed E-state index contributed by atoms with van der Waals surface area (Å²) >= 11 is 1.54. The summed E-state index contributed by atoms with van der Waals surface area (Å²) in [5, 5.41) is 2.55. The molecule has 4 rings (SSSR count). The van der Waals surface area contributed by atoms with E-state index in [1.165, 1.54) is 23.9 Å². The fourth-order valence-corrected chi connectivity index (χ4v) is 5.49. The molecule has 2 saturated heterocycles. The molecule has 0 saturated carbocycles. The summed E-state index contributed by atoms with van der Waals surface area (Å²) in [5.74, 6) is -0.191. The van der Waals surface area contributed by atoms with E-state index in [0.717, 1.165) is 17.7 Å². The lowest BCUT2D eigenvalue weighted by Gasteiger charge is -2.34. The summed E-state index contributed by atoms with van der Waals surface area (Å²) in [4.78, 5) is 26.4. The minimum atomic E-state index is -4.49. The molecule has 2 aliphatic rings. The molecule has 2 fully saturated rings. The van der Waals surface area contributed by atoms with E-state index in [9.17, 15) is 22.8 Å². The van der Waals surface area contributed by atoms with Gasteiger partial charge in [-0.3, -0.25) is 9.59 Å². The van der Waals surface area contributed by atoms with Gasteiger partial charge in [-0.25, -0.2) is 0 Å². The van der Waals surface area contributed by atoms with E-state index in [0.29, 0.717) is 18.6 Å². The summed E-state index contributed by atoms with van der Waals surface area (Å²) in [7, 11) is 0. The van der Waals surface area contributed by atoms with Crippen LogP contribution in [-0.2, 0) is 20.6 Å². The Morgan fingerprint density at radius 1 is 1.14 bits per heavy atom. The maximum Gasteiger partial charge on any atom is 0.416 e. The van der Waals surface area contributed by atoms with E-state index in [1.54, 1.807) is 4.90 Å². The van der Waals surface area contributed by atoms with Crippen LogP contribution in [0.4, 0.5) is 18.9 Å². The molecule has 2 heterocycles. The first-order chi connectivity index (χ1) is 13.3. The predicted octanol–water partition coefficient (Wildman–Crippen LogP) is 4.23. The molecule has 2 amide bonds. The quantitative estimate of drug-likeness (QED) is 0.830. The zero-order valence-electron chi connectivity index (χ0n) is 14.7. The van der Waals surface area contributed by atoms with Crippen molar-refractivity contribution in [2.24, 2.45) is 0 Å². The Kier molecular flexibility index (Phi) is 4.61. The summed E-state index contributed by atoms with van der Waals surface area (Å²) in [5.41, 5.74) is 0.191. The number of halogens is 3. The number of fused-ring (bicyclic) bond motifs is 1. The van der Waals surface area contributed by atoms with Crippen LogP contribution in [0.15, 0.2) is 54.6 Å². The third-order valence-corrected chi connectivity index (χ3v) is 6.71. The van der Waals surface area contributed by atoms with Gasteiger partial charge in [-0.15, -0.1) is 11.8 Å². The van der Waals surface area contributed by atoms with E-state index < -0.39 is 28.6 Å². The van der Waals surface area contributed by atoms with Gasteiger partial charge in [0.25, 0.3) is 0 Å². The smallest absolute Gasteiger partial charge is 0.324 e. The molecule has 0 spiro atoms. The molecule has 8 heteroatoms. The number of carbonyl (C=O) groups is 2. The van der Waals surface area contributed by atoms with Crippen LogP contribution < -0.4 is 5.32 Å². The molecule has 2 aromatic rings. The standard InChI is InChI=1S/C20H17F3N2O2S/c21-20(22,23)14-7-4-8-15(11-14)24-18(27)16-12-28-19(10-9-17(26)25(16)19)13-5-2-1-3-6-13/h1-8,11,16H,9-10,12H2,(H,24,27)/t16-,19-/m0/s1. The second-order valence-corrected chi connectivity index (χ2v) is 8.11. The van der Waals surface area contributed by atoms with Gasteiger partial charge in [0, 0.05) is 17.9 Å². The number of hydrogen-bond donors (Lipinski definition) is 1. The number of nitrogens with zero attached hydrogens (tertiary/aromatic N) is 1. The lowest BCUT2D eigenvalue weighted by atomic mass is 10.0. The van der Waals surface area contributed by atoms with Crippen molar-refractivity contribution < 1.29 is 22.8 Å². The van der Waals surface area contributed by atoms with Crippen LogP contribution in [0.1, 0.15) is 24.0 Å². The van der Waals surface area contributed by atoms with Crippen molar-refractivity contribution in [2.45, 2.75) is 29.9 Å². The largest absolute Gasteiger partial charge is 0.416 e. The molecule has 28 heavy (non-hydrogen) atoms. The van der Waals surface area contributed by atoms with E-state index in [4.69, 9.17) is 0 Å². The van der Waals surface area contributed by atoms with Crippen LogP contribution in [-0.4, -0.2) is 28.5 Å². The van der Waals surface area contributed by atoms with E-state index in [1.807, 2.05) is 30.3 Å². The lowest BCUT2D eigenvalue weighted by Crippen LogP contribution is -2.48. The predicted molar refractivity (Wildman–Crippen MR) is 101 cm³/mol. The van der Waals surface area contributed by atoms with Gasteiger partial charge in [0.1, 0.15) is 10.9 Å². The number of rotatable bonds is 3. The van der Waals surface area contributed by atoms with Crippen LogP contribution in [0.5, 0.6) is 0 Å². The van der Waals surface area contributed by atoms with Crippen LogP contribution in [0.2, 0.25) is 0 Å². The molecule has 0 radical (unpaired) electrons. The Bertz CT molecular complexity index is 919. The molecule has 146 valence electrons. The van der Waals surface area contributed by atoms with Crippen molar-refractivity contribution in [1.82, 2.24) is 4.90 Å². The Labute approximate surface area is 164 Å². The third-order valence-electron chi connectivity index (χ3n) is 5.11. The first kappa shape index (κ1) is 18.9. The molecule has 2 atom stereocenters. The van der Waals surface area contributed by atoms with Crippen molar-refractivity contribution in [1.29, 1.82) is 0 Å². The average Bonchev–Trinajstić information content (AvgIpc) is 3.21. The number of carbonyl (C=O) groups excluding carboxylic acids is 2. The SMILES string of the molecule is O=C(Nc1cccc(C(F)(F)F)c1)[C@@H]1CS[C@]2(c3ccccc3)CCC(=O)N12. The van der Waals surface area contributed by atoms with Gasteiger partial charge >= 0.3 is 6.18 Å². The van der Waals surface area contributed by atoms with E-state index in [-0.39, 0.29) is 11.6 Å². The normalized spacial score (nSPS) is 24.3. The molecule has 2 aliphatic heterocycles. The zero-order chi connectivity index (χ0) is 19.9. The van der Waals surface area contributed by atoms with Gasteiger partial charge in [0.05, 0.1) is 5.56 Å². The summed E-state index contributed by atoms with van der Waals surface area (Å²) in [6, 6.07) is 13.3. The molecule has 0 aliphatic carbocycles. The second-order valence-electron chi connectivity index (χ2n) is 6.81. The fourth-order valence-electron chi connectivity index (χ4n) is 3.83. The Morgan fingerprint density at radius 2 is 1.89 bits per heavy atom. The van der Waals surface area contributed by atoms with Crippen LogP contribution in [0, 0.1) is 0 Å². The van der Waals surface area contributed by atoms with Gasteiger partial charge in [-0.2, -0.15) is 13.2 Å². The van der Waals surface area contributed by atoms with E-state index in [2.05, 4.69) is 5.32 Å². The van der Waals surface area contributed by atoms with Gasteiger partial charge < -0.3 is 10.2 Å². The average molecular weight is 406 g/mol. The maximum atomic E-state index is 12.9. The highest BCUT2D eigenvalue weighted by Crippen LogP contribution is 2.54. The van der Waals surface area contributed by atoms with Crippen molar-refractivity contribution >= 4 is 29.3 Å². The summed E-state index contributed by atoms with van der Waals surface area (Å²) in [6.45, 7) is 0. The van der Waals surface area contributed by atoms with Crippen LogP contribution in [0.3, 0.4) is 0 Å². The maximum absolute atomic E-state index is 12.9. The Hall–Kier alpha value is -2.48. The van der Waals surface area contributed by atoms with Gasteiger partial charge in [0.2, 0.25) is 11.8 Å². The zero-order valence-corrected chi connectivity index (χ0v) is 15.5. The summed E-state index contributed by atoms with van der Waals surface area (Å²) in [6.07, 6.45) is -3.54. The minimum Gasteiger partial charge on any atom is -0.324 e. The number of anilines is 1. The number of benzene rings is 2. The first-order valence-corrected chi connectivity index (χ1v) is 9.80. The second kappa shape index (κ2) is 6.84. The summed E-state index contributed by atoms with van der Waals surface area (Å²) < 4.78 is 38.7. The van der Waals surface area contributed by atoms with Crippen molar-refractivity contribution in [3.8, 4) is 0 Å². The highest BCUT2D eigenvalue weighted by Gasteiger charge is 2.56. The fraction of sp³-hybridized carbons (Fsp3) is 0.300. The molecule has 0 bridgehead atoms. The topological polar surface area (TPSA) is 49.4 Å². The first-order valence-electron chi connectivity index (χ1n) is 8.81. The number of hydrogen-bond acceptors (Lipinski definition) is 3. The number of amides is 2. The molecular formula is C20H17F3N2O2S. The van der Waals surface area contributed by atoms with Gasteiger partial charge in [0.15, 0.2) is 0 Å². The van der Waals surface area contributed by atoms with Crippen molar-refractivity contribution in [3.05, 3.63) is 65.7 Å². The highest BCUT2D eigenvalue weighted by molar-refractivity contribution is 8.00. The Morgan fingerprint density at radius 3 is 2.61 bits per heavy atom. The van der Waals surface area contributed by atoms with Crippen molar-refractivity contribution in [3.63, 3.8) is 0 Å². The highest BCUT2D eigenvalue weighted by atomic mass is 32.2.